The molecule has 2 aliphatic heterocycles. The molecule has 1 atom stereocenters. The van der Waals surface area contributed by atoms with Gasteiger partial charge in [0.1, 0.15) is 17.4 Å². The number of amidine groups is 1. The molecule has 32 heavy (non-hydrogen) atoms. The minimum Gasteiger partial charge on any atom is -0.352 e. The van der Waals surface area contributed by atoms with E-state index >= 15 is 0 Å². The predicted octanol–water partition coefficient (Wildman–Crippen LogP) is 3.58. The van der Waals surface area contributed by atoms with Crippen molar-refractivity contribution >= 4 is 11.6 Å². The van der Waals surface area contributed by atoms with E-state index < -0.39 is 0 Å². The molecular formula is C25H26FN5O. The summed E-state index contributed by atoms with van der Waals surface area (Å²) >= 11 is 0. The van der Waals surface area contributed by atoms with Crippen molar-refractivity contribution in [2.75, 3.05) is 6.54 Å². The summed E-state index contributed by atoms with van der Waals surface area (Å²) < 4.78 is 15.0. The van der Waals surface area contributed by atoms with Crippen molar-refractivity contribution in [1.82, 2.24) is 19.7 Å². The number of hydrogen-bond donors (Lipinski definition) is 0. The minimum atomic E-state index is -0.262. The van der Waals surface area contributed by atoms with E-state index in [2.05, 4.69) is 21.2 Å². The maximum Gasteiger partial charge on any atom is 0.139 e. The van der Waals surface area contributed by atoms with Crippen LogP contribution in [0, 0.1) is 5.82 Å². The van der Waals surface area contributed by atoms with Gasteiger partial charge in [-0.2, -0.15) is 5.10 Å². The Morgan fingerprint density at radius 1 is 1.22 bits per heavy atom. The molecular weight excluding hydrogens is 405 g/mol. The lowest BCUT2D eigenvalue weighted by atomic mass is 9.94. The van der Waals surface area contributed by atoms with Gasteiger partial charge in [0.2, 0.25) is 0 Å². The fraction of sp³-hybridized carbons (Fsp3) is 0.360. The van der Waals surface area contributed by atoms with Crippen LogP contribution in [0.3, 0.4) is 0 Å². The van der Waals surface area contributed by atoms with E-state index in [9.17, 15) is 9.18 Å². The number of carbonyl (C=O) groups excluding carboxylic acids is 1. The predicted molar refractivity (Wildman–Crippen MR) is 120 cm³/mol. The zero-order valence-corrected chi connectivity index (χ0v) is 18.4. The van der Waals surface area contributed by atoms with Crippen LogP contribution in [-0.2, 0) is 37.8 Å². The van der Waals surface area contributed by atoms with E-state index in [1.807, 2.05) is 30.9 Å². The quantitative estimate of drug-likeness (QED) is 0.620. The normalized spacial score (nSPS) is 15.8. The van der Waals surface area contributed by atoms with E-state index in [0.717, 1.165) is 47.7 Å². The zero-order chi connectivity index (χ0) is 22.2. The number of aromatic nitrogens is 3. The van der Waals surface area contributed by atoms with Gasteiger partial charge in [-0.1, -0.05) is 19.1 Å². The fourth-order valence-corrected chi connectivity index (χ4v) is 4.65. The Labute approximate surface area is 186 Å². The third-order valence-corrected chi connectivity index (χ3v) is 6.31. The maximum absolute atomic E-state index is 13.1. The lowest BCUT2D eigenvalue weighted by molar-refractivity contribution is -0.118. The van der Waals surface area contributed by atoms with Crippen molar-refractivity contribution in [3.63, 3.8) is 0 Å². The molecule has 4 heterocycles. The van der Waals surface area contributed by atoms with Crippen LogP contribution in [-0.4, -0.2) is 37.8 Å². The lowest BCUT2D eigenvalue weighted by Crippen LogP contribution is -2.35. The van der Waals surface area contributed by atoms with Crippen LogP contribution in [0.5, 0.6) is 0 Å². The number of ketones is 1. The van der Waals surface area contributed by atoms with Crippen LogP contribution in [0.4, 0.5) is 4.39 Å². The molecule has 6 nitrogen and oxygen atoms in total. The molecule has 2 aromatic heterocycles. The molecule has 5 rings (SSSR count). The van der Waals surface area contributed by atoms with Gasteiger partial charge in [-0.15, -0.1) is 0 Å². The highest BCUT2D eigenvalue weighted by Crippen LogP contribution is 2.26. The first kappa shape index (κ1) is 20.5. The van der Waals surface area contributed by atoms with Crippen LogP contribution in [0.1, 0.15) is 52.9 Å². The van der Waals surface area contributed by atoms with E-state index in [1.165, 1.54) is 23.4 Å². The molecule has 7 heteroatoms. The van der Waals surface area contributed by atoms with Gasteiger partial charge < -0.3 is 4.90 Å². The summed E-state index contributed by atoms with van der Waals surface area (Å²) in [4.78, 5) is 24.3. The molecule has 1 aromatic carbocycles. The Hall–Kier alpha value is -3.35. The Morgan fingerprint density at radius 2 is 2.03 bits per heavy atom. The number of rotatable bonds is 5. The number of pyridine rings is 1. The largest absolute Gasteiger partial charge is 0.352 e. The first-order valence-electron chi connectivity index (χ1n) is 11.0. The van der Waals surface area contributed by atoms with Gasteiger partial charge in [0, 0.05) is 68.6 Å². The number of aryl methyl sites for hydroxylation is 1. The molecule has 0 saturated heterocycles. The molecule has 0 amide bonds. The molecule has 0 aliphatic carbocycles. The van der Waals surface area contributed by atoms with Crippen LogP contribution in [0.15, 0.2) is 47.7 Å². The van der Waals surface area contributed by atoms with Gasteiger partial charge in [0.25, 0.3) is 0 Å². The third-order valence-electron chi connectivity index (χ3n) is 6.31. The topological polar surface area (TPSA) is 63.4 Å². The van der Waals surface area contributed by atoms with Gasteiger partial charge in [-0.05, 0) is 35.2 Å². The van der Waals surface area contributed by atoms with Gasteiger partial charge in [0.15, 0.2) is 0 Å². The Balaban J connectivity index is 1.23. The van der Waals surface area contributed by atoms with Crippen LogP contribution < -0.4 is 0 Å². The van der Waals surface area contributed by atoms with Crippen molar-refractivity contribution in [2.24, 2.45) is 12.0 Å². The summed E-state index contributed by atoms with van der Waals surface area (Å²) in [6.07, 6.45) is 5.57. The standard InChI is InChI=1S/C25H26FN5O/c1-16(17-3-5-20(26)6-4-17)9-22(32)11-21-10-18-12-28-25(23(18)13-27-21)31-8-7-24-19(15-31)14-30(2)29-24/h3-6,10,13-14,16H,7-9,11-12,15H2,1-2H3/t16-/m0/s1. The second kappa shape index (κ2) is 8.30. The van der Waals surface area contributed by atoms with Crippen molar-refractivity contribution < 1.29 is 9.18 Å². The Morgan fingerprint density at radius 3 is 2.84 bits per heavy atom. The van der Waals surface area contributed by atoms with E-state index in [4.69, 9.17) is 4.99 Å². The van der Waals surface area contributed by atoms with E-state index in [-0.39, 0.29) is 17.5 Å². The molecule has 2 aliphatic rings. The Bertz CT molecular complexity index is 1200. The van der Waals surface area contributed by atoms with Crippen molar-refractivity contribution in [2.45, 2.75) is 45.2 Å². The summed E-state index contributed by atoms with van der Waals surface area (Å²) in [7, 11) is 1.96. The van der Waals surface area contributed by atoms with Gasteiger partial charge in [-0.25, -0.2) is 4.39 Å². The smallest absolute Gasteiger partial charge is 0.139 e. The number of halogens is 1. The third kappa shape index (κ3) is 4.07. The molecule has 0 unspecified atom stereocenters. The number of hydrogen-bond acceptors (Lipinski definition) is 5. The van der Waals surface area contributed by atoms with E-state index in [0.29, 0.717) is 19.4 Å². The molecule has 0 radical (unpaired) electrons. The molecule has 0 saturated carbocycles. The summed E-state index contributed by atoms with van der Waals surface area (Å²) in [6, 6.07) is 8.39. The molecule has 0 fully saturated rings. The summed E-state index contributed by atoms with van der Waals surface area (Å²) in [5, 5.41) is 4.53. The van der Waals surface area contributed by atoms with Crippen LogP contribution in [0.25, 0.3) is 0 Å². The Kier molecular flexibility index (Phi) is 5.33. The van der Waals surface area contributed by atoms with Gasteiger partial charge in [0.05, 0.1) is 12.2 Å². The van der Waals surface area contributed by atoms with Crippen molar-refractivity contribution in [3.8, 4) is 0 Å². The minimum absolute atomic E-state index is 0.0453. The van der Waals surface area contributed by atoms with Crippen LogP contribution >= 0.6 is 0 Å². The first-order chi connectivity index (χ1) is 15.5. The zero-order valence-electron chi connectivity index (χ0n) is 18.4. The highest BCUT2D eigenvalue weighted by molar-refractivity contribution is 6.02. The average Bonchev–Trinajstić information content (AvgIpc) is 3.35. The lowest BCUT2D eigenvalue weighted by Gasteiger charge is -2.28. The number of aliphatic imine (C=N–C) groups is 1. The second-order valence-electron chi connectivity index (χ2n) is 8.79. The molecule has 0 N–H and O–H groups in total. The molecule has 3 aromatic rings. The summed E-state index contributed by atoms with van der Waals surface area (Å²) in [5.74, 6) is 0.906. The fourth-order valence-electron chi connectivity index (χ4n) is 4.65. The van der Waals surface area contributed by atoms with Crippen molar-refractivity contribution in [1.29, 1.82) is 0 Å². The van der Waals surface area contributed by atoms with Gasteiger partial charge in [-0.3, -0.25) is 19.5 Å². The summed E-state index contributed by atoms with van der Waals surface area (Å²) in [5.41, 5.74) is 6.36. The highest BCUT2D eigenvalue weighted by Gasteiger charge is 2.27. The number of carbonyl (C=O) groups is 1. The molecule has 164 valence electrons. The number of nitrogens with zero attached hydrogens (tertiary/aromatic N) is 5. The van der Waals surface area contributed by atoms with Crippen LogP contribution in [0.2, 0.25) is 0 Å². The second-order valence-corrected chi connectivity index (χ2v) is 8.79. The first-order valence-corrected chi connectivity index (χ1v) is 11.0. The maximum atomic E-state index is 13.1. The molecule has 0 bridgehead atoms. The number of Topliss-reactive ketones (excluding diaryl/α,β-unsaturated/α-hetero) is 1. The van der Waals surface area contributed by atoms with E-state index in [1.54, 1.807) is 12.1 Å². The monoisotopic (exact) mass is 431 g/mol. The average molecular weight is 432 g/mol. The molecule has 0 spiro atoms. The highest BCUT2D eigenvalue weighted by atomic mass is 19.1. The number of benzene rings is 1. The SMILES string of the molecule is C[C@@H](CC(=O)Cc1cc2c(cn1)C(N1CCc3nn(C)cc3C1)=NC2)c1ccc(F)cc1. The number of fused-ring (bicyclic) bond motifs is 2. The van der Waals surface area contributed by atoms with Crippen molar-refractivity contribution in [3.05, 3.63) is 82.2 Å². The summed E-state index contributed by atoms with van der Waals surface area (Å²) in [6.45, 7) is 4.32. The van der Waals surface area contributed by atoms with Gasteiger partial charge >= 0.3 is 0 Å².